The standard InChI is InChI=1S/C76H133NO8/c1-6-8-10-12-14-16-18-20-22-24-26-28-30-31-32-33-34-35-36-37-38-39-40-41-42-43-45-46-48-50-52-54-56-58-60-62-64-66-73(78)83-70-72(71-84-76(75(80)81)82-69-68-77(3,4)5)85-74(79)67-65-63-61-59-57-55-53-51-49-47-44-29-27-25-23-21-19-17-15-13-11-9-7-2/h9,11,15,17-18,20-21,23-24,26-27,29-31,47,49,72,76H,6-8,10,12-14,16,19,22,25,28,32-46,48,50-71H2,1-5H3/p+1/b11-9-,17-15-,20-18-,23-21-,26-24-,29-27-,31-30-,49-47-. The summed E-state index contributed by atoms with van der Waals surface area (Å²) in [6, 6.07) is 0. The first-order valence-corrected chi connectivity index (χ1v) is 35.4. The lowest BCUT2D eigenvalue weighted by molar-refractivity contribution is -0.870. The Morgan fingerprint density at radius 3 is 1.00 bits per heavy atom. The minimum atomic E-state index is -1.52. The molecule has 490 valence electrons. The number of rotatable bonds is 65. The van der Waals surface area contributed by atoms with Crippen molar-refractivity contribution >= 4 is 17.9 Å². The van der Waals surface area contributed by atoms with Crippen LogP contribution in [0.2, 0.25) is 0 Å². The Balaban J connectivity index is 4.05. The van der Waals surface area contributed by atoms with Crippen LogP contribution in [0.25, 0.3) is 0 Å². The van der Waals surface area contributed by atoms with E-state index in [0.717, 1.165) is 89.9 Å². The monoisotopic (exact) mass is 1190 g/mol. The molecule has 0 saturated carbocycles. The maximum Gasteiger partial charge on any atom is 0.361 e. The van der Waals surface area contributed by atoms with Gasteiger partial charge in [-0.1, -0.05) is 297 Å². The topological polar surface area (TPSA) is 108 Å². The van der Waals surface area contributed by atoms with Gasteiger partial charge >= 0.3 is 17.9 Å². The molecule has 0 bridgehead atoms. The van der Waals surface area contributed by atoms with Crippen molar-refractivity contribution < 1.29 is 42.9 Å². The van der Waals surface area contributed by atoms with Gasteiger partial charge in [0.2, 0.25) is 0 Å². The maximum absolute atomic E-state index is 12.9. The Hall–Kier alpha value is -3.79. The SMILES string of the molecule is CC/C=C\C/C=C\C/C=C\C/C=C\C/C=C\CCCCCCCCCC(=O)OC(COC(=O)CCCCCCCCCCCCCCCCCCCCCCCC/C=C\C/C=C\C/C=C\CCCCCCC)COC(OCC[N+](C)(C)C)C(=O)O. The second-order valence-corrected chi connectivity index (χ2v) is 24.8. The van der Waals surface area contributed by atoms with Crippen LogP contribution in [0.15, 0.2) is 97.2 Å². The largest absolute Gasteiger partial charge is 0.477 e. The molecule has 9 heteroatoms. The third kappa shape index (κ3) is 67.6. The first kappa shape index (κ1) is 81.2. The second kappa shape index (κ2) is 66.2. The van der Waals surface area contributed by atoms with E-state index in [0.29, 0.717) is 23.9 Å². The number of hydrogen-bond donors (Lipinski definition) is 1. The van der Waals surface area contributed by atoms with Gasteiger partial charge < -0.3 is 28.5 Å². The minimum Gasteiger partial charge on any atom is -0.477 e. The van der Waals surface area contributed by atoms with Gasteiger partial charge in [-0.2, -0.15) is 0 Å². The number of carboxylic acids is 1. The van der Waals surface area contributed by atoms with Crippen LogP contribution in [0.4, 0.5) is 0 Å². The number of nitrogens with zero attached hydrogens (tertiary/aromatic N) is 1. The summed E-state index contributed by atoms with van der Waals surface area (Å²) in [4.78, 5) is 37.6. The first-order valence-electron chi connectivity index (χ1n) is 35.4. The fraction of sp³-hybridized carbons (Fsp3) is 0.750. The summed E-state index contributed by atoms with van der Waals surface area (Å²) in [6.07, 6.45) is 88.1. The molecule has 0 aliphatic heterocycles. The molecule has 0 fully saturated rings. The number of quaternary nitrogens is 1. The molecule has 0 heterocycles. The fourth-order valence-electron chi connectivity index (χ4n) is 9.93. The van der Waals surface area contributed by atoms with E-state index in [1.807, 2.05) is 21.1 Å². The molecule has 0 rings (SSSR count). The summed E-state index contributed by atoms with van der Waals surface area (Å²) in [6.45, 7) is 4.76. The molecular formula is C76H134NO8+. The van der Waals surface area contributed by atoms with Crippen molar-refractivity contribution in [2.75, 3.05) is 47.5 Å². The molecule has 2 atom stereocenters. The van der Waals surface area contributed by atoms with Crippen molar-refractivity contribution in [3.8, 4) is 0 Å². The maximum atomic E-state index is 12.9. The first-order chi connectivity index (χ1) is 41.6. The highest BCUT2D eigenvalue weighted by molar-refractivity contribution is 5.71. The molecular weight excluding hydrogens is 1050 g/mol. The number of carbonyl (C=O) groups excluding carboxylic acids is 2. The van der Waals surface area contributed by atoms with Crippen LogP contribution >= 0.6 is 0 Å². The number of likely N-dealkylation sites (N-methyl/N-ethyl adjacent to an activating group) is 1. The normalized spacial score (nSPS) is 13.3. The Morgan fingerprint density at radius 1 is 0.365 bits per heavy atom. The van der Waals surface area contributed by atoms with Crippen LogP contribution in [0.3, 0.4) is 0 Å². The Kier molecular flexibility index (Phi) is 63.2. The van der Waals surface area contributed by atoms with E-state index < -0.39 is 24.3 Å². The third-order valence-corrected chi connectivity index (χ3v) is 15.3. The molecule has 0 aromatic carbocycles. The second-order valence-electron chi connectivity index (χ2n) is 24.8. The number of carboxylic acid groups (broad SMARTS) is 1. The van der Waals surface area contributed by atoms with Gasteiger partial charge in [-0.05, 0) is 96.3 Å². The lowest BCUT2D eigenvalue weighted by atomic mass is 10.0. The molecule has 2 unspecified atom stereocenters. The highest BCUT2D eigenvalue weighted by atomic mass is 16.7. The van der Waals surface area contributed by atoms with E-state index in [1.54, 1.807) is 0 Å². The number of esters is 2. The molecule has 85 heavy (non-hydrogen) atoms. The van der Waals surface area contributed by atoms with Crippen LogP contribution in [-0.2, 0) is 33.3 Å². The summed E-state index contributed by atoms with van der Waals surface area (Å²) in [5.74, 6) is -2.01. The van der Waals surface area contributed by atoms with Gasteiger partial charge in [0.15, 0.2) is 6.10 Å². The molecule has 0 saturated heterocycles. The fourth-order valence-corrected chi connectivity index (χ4v) is 9.93. The lowest BCUT2D eigenvalue weighted by Crippen LogP contribution is -2.40. The van der Waals surface area contributed by atoms with Crippen LogP contribution in [0.5, 0.6) is 0 Å². The number of carbonyl (C=O) groups is 3. The average Bonchev–Trinajstić information content (AvgIpc) is 3.49. The molecule has 0 amide bonds. The summed E-state index contributed by atoms with van der Waals surface area (Å²) in [5, 5.41) is 9.74. The third-order valence-electron chi connectivity index (χ3n) is 15.3. The Labute approximate surface area is 524 Å². The molecule has 0 aromatic heterocycles. The van der Waals surface area contributed by atoms with E-state index in [-0.39, 0.29) is 32.2 Å². The molecule has 9 nitrogen and oxygen atoms in total. The number of aliphatic carboxylic acids is 1. The number of allylic oxidation sites excluding steroid dienone is 16. The number of ether oxygens (including phenoxy) is 4. The molecule has 1 N–H and O–H groups in total. The highest BCUT2D eigenvalue weighted by Gasteiger charge is 2.25. The van der Waals surface area contributed by atoms with E-state index in [1.165, 1.54) is 186 Å². The summed E-state index contributed by atoms with van der Waals surface area (Å²) in [7, 11) is 5.97. The zero-order valence-electron chi connectivity index (χ0n) is 56.0. The van der Waals surface area contributed by atoms with Gasteiger partial charge in [-0.15, -0.1) is 0 Å². The predicted molar refractivity (Wildman–Crippen MR) is 364 cm³/mol. The van der Waals surface area contributed by atoms with E-state index in [9.17, 15) is 19.5 Å². The zero-order valence-corrected chi connectivity index (χ0v) is 56.0. The van der Waals surface area contributed by atoms with Gasteiger partial charge in [0.1, 0.15) is 13.2 Å². The van der Waals surface area contributed by atoms with E-state index >= 15 is 0 Å². The van der Waals surface area contributed by atoms with Gasteiger partial charge in [0.05, 0.1) is 34.4 Å². The van der Waals surface area contributed by atoms with E-state index in [2.05, 4.69) is 111 Å². The van der Waals surface area contributed by atoms with Crippen LogP contribution in [0, 0.1) is 0 Å². The van der Waals surface area contributed by atoms with Gasteiger partial charge in [0.25, 0.3) is 6.29 Å². The molecule has 0 aliphatic rings. The smallest absolute Gasteiger partial charge is 0.361 e. The Bertz CT molecular complexity index is 1720. The van der Waals surface area contributed by atoms with Crippen LogP contribution in [0.1, 0.15) is 309 Å². The van der Waals surface area contributed by atoms with Crippen molar-refractivity contribution in [2.45, 2.75) is 322 Å². The van der Waals surface area contributed by atoms with Crippen LogP contribution in [-0.4, -0.2) is 87.4 Å². The van der Waals surface area contributed by atoms with Crippen molar-refractivity contribution in [1.29, 1.82) is 0 Å². The van der Waals surface area contributed by atoms with Gasteiger partial charge in [-0.25, -0.2) is 4.79 Å². The number of hydrogen-bond acceptors (Lipinski definition) is 7. The predicted octanol–water partition coefficient (Wildman–Crippen LogP) is 22.0. The summed E-state index contributed by atoms with van der Waals surface area (Å²) >= 11 is 0. The number of unbranched alkanes of at least 4 members (excludes halogenated alkanes) is 34. The van der Waals surface area contributed by atoms with Crippen molar-refractivity contribution in [2.24, 2.45) is 0 Å². The van der Waals surface area contributed by atoms with Crippen molar-refractivity contribution in [3.63, 3.8) is 0 Å². The van der Waals surface area contributed by atoms with Crippen molar-refractivity contribution in [1.82, 2.24) is 0 Å². The molecule has 0 radical (unpaired) electrons. The zero-order chi connectivity index (χ0) is 61.9. The quantitative estimate of drug-likeness (QED) is 0.0211. The van der Waals surface area contributed by atoms with Crippen molar-refractivity contribution in [3.05, 3.63) is 97.2 Å². The van der Waals surface area contributed by atoms with Gasteiger partial charge in [-0.3, -0.25) is 9.59 Å². The summed E-state index contributed by atoms with van der Waals surface area (Å²) in [5.41, 5.74) is 0. The molecule has 0 aliphatic carbocycles. The highest BCUT2D eigenvalue weighted by Crippen LogP contribution is 2.18. The van der Waals surface area contributed by atoms with E-state index in [4.69, 9.17) is 18.9 Å². The Morgan fingerprint density at radius 2 is 0.671 bits per heavy atom. The van der Waals surface area contributed by atoms with Crippen LogP contribution < -0.4 is 0 Å². The molecule has 0 aromatic rings. The summed E-state index contributed by atoms with van der Waals surface area (Å²) < 4.78 is 23.0. The lowest BCUT2D eigenvalue weighted by Gasteiger charge is -2.25. The average molecular weight is 1190 g/mol. The van der Waals surface area contributed by atoms with Gasteiger partial charge in [0, 0.05) is 12.8 Å². The molecule has 0 spiro atoms. The minimum absolute atomic E-state index is 0.182.